The number of hydrogen-bond donors (Lipinski definition) is 0. The summed E-state index contributed by atoms with van der Waals surface area (Å²) in [7, 11) is 0. The number of carbonyl (C=O) groups excluding carboxylic acids is 1. The van der Waals surface area contributed by atoms with Gasteiger partial charge in [-0.05, 0) is 55.1 Å². The lowest BCUT2D eigenvalue weighted by Crippen LogP contribution is -2.49. The first kappa shape index (κ1) is 25.4. The van der Waals surface area contributed by atoms with Crippen molar-refractivity contribution in [2.24, 2.45) is 0 Å². The minimum atomic E-state index is -0.742. The van der Waals surface area contributed by atoms with Crippen molar-refractivity contribution in [3.8, 4) is 11.9 Å². The van der Waals surface area contributed by atoms with Crippen molar-refractivity contribution in [3.05, 3.63) is 132 Å². The largest absolute Gasteiger partial charge is 0.407 e. The maximum absolute atomic E-state index is 13.6. The van der Waals surface area contributed by atoms with Gasteiger partial charge in [0.15, 0.2) is 0 Å². The molecule has 0 radical (unpaired) electrons. The van der Waals surface area contributed by atoms with Gasteiger partial charge in [0.25, 0.3) is 0 Å². The molecule has 0 atom stereocenters. The highest BCUT2D eigenvalue weighted by Gasteiger charge is 2.45. The van der Waals surface area contributed by atoms with Crippen LogP contribution in [0.3, 0.4) is 0 Å². The summed E-state index contributed by atoms with van der Waals surface area (Å²) in [6.45, 7) is 2.21. The summed E-state index contributed by atoms with van der Waals surface area (Å²) in [6, 6.07) is 38.0. The fourth-order valence-electron chi connectivity index (χ4n) is 5.54. The minimum Gasteiger partial charge on any atom is -0.407 e. The molecule has 190 valence electrons. The molecule has 0 saturated carbocycles. The van der Waals surface area contributed by atoms with Crippen LogP contribution in [0.4, 0.5) is 0 Å². The maximum Gasteiger partial charge on any atom is 0.323 e. The minimum absolute atomic E-state index is 0.262. The molecule has 0 unspecified atom stereocenters. The predicted molar refractivity (Wildman–Crippen MR) is 148 cm³/mol. The highest BCUT2D eigenvalue weighted by Crippen LogP contribution is 2.39. The molecule has 0 spiro atoms. The second-order valence-corrected chi connectivity index (χ2v) is 9.85. The number of benzene rings is 3. The first-order valence-corrected chi connectivity index (χ1v) is 13.1. The van der Waals surface area contributed by atoms with Gasteiger partial charge in [-0.15, -0.1) is 0 Å². The van der Waals surface area contributed by atoms with Gasteiger partial charge in [0.05, 0.1) is 11.5 Å². The van der Waals surface area contributed by atoms with Crippen LogP contribution in [-0.2, 0) is 15.6 Å². The molecule has 1 saturated heterocycles. The fraction of sp³-hybridized carbons (Fsp3) is 0.242. The Bertz CT molecular complexity index is 1320. The van der Waals surface area contributed by atoms with Crippen LogP contribution in [0.25, 0.3) is 0 Å². The lowest BCUT2D eigenvalue weighted by Gasteiger charge is -2.41. The third-order valence-corrected chi connectivity index (χ3v) is 7.79. The molecule has 3 aromatic carbocycles. The van der Waals surface area contributed by atoms with E-state index in [4.69, 9.17) is 4.74 Å². The molecule has 1 aromatic heterocycles. The number of aromatic nitrogens is 1. The number of nitriles is 1. The Labute approximate surface area is 224 Å². The van der Waals surface area contributed by atoms with E-state index in [1.54, 1.807) is 18.3 Å². The Morgan fingerprint density at radius 3 is 1.92 bits per heavy atom. The van der Waals surface area contributed by atoms with Gasteiger partial charge in [-0.2, -0.15) is 5.26 Å². The first-order valence-electron chi connectivity index (χ1n) is 13.1. The molecule has 1 fully saturated rings. The molecule has 5 rings (SSSR count). The van der Waals surface area contributed by atoms with Crippen LogP contribution in [0, 0.1) is 11.3 Å². The van der Waals surface area contributed by atoms with Gasteiger partial charge in [-0.1, -0.05) is 97.1 Å². The molecule has 38 heavy (non-hydrogen) atoms. The van der Waals surface area contributed by atoms with Crippen molar-refractivity contribution >= 4 is 5.97 Å². The van der Waals surface area contributed by atoms with E-state index < -0.39 is 10.8 Å². The van der Waals surface area contributed by atoms with E-state index in [0.717, 1.165) is 36.3 Å². The van der Waals surface area contributed by atoms with E-state index >= 15 is 0 Å². The average Bonchev–Trinajstić information content (AvgIpc) is 3.00. The summed E-state index contributed by atoms with van der Waals surface area (Å²) in [5.74, 6) is 0.0572. The van der Waals surface area contributed by atoms with Crippen molar-refractivity contribution in [2.45, 2.75) is 30.1 Å². The Morgan fingerprint density at radius 2 is 1.39 bits per heavy atom. The van der Waals surface area contributed by atoms with E-state index in [1.165, 1.54) is 0 Å². The zero-order valence-electron chi connectivity index (χ0n) is 21.4. The van der Waals surface area contributed by atoms with Crippen molar-refractivity contribution in [1.82, 2.24) is 9.88 Å². The van der Waals surface area contributed by atoms with Gasteiger partial charge in [0.1, 0.15) is 5.41 Å². The second kappa shape index (κ2) is 11.4. The number of esters is 1. The number of piperidine rings is 1. The van der Waals surface area contributed by atoms with E-state index in [0.29, 0.717) is 25.1 Å². The SMILES string of the molecule is N#CC(CCN1CCC(C(=O)Oc2ccccn2)(c2ccccc2)CC1)(c1ccccc1)c1ccccc1. The van der Waals surface area contributed by atoms with Crippen molar-refractivity contribution in [1.29, 1.82) is 5.26 Å². The molecule has 0 bridgehead atoms. The van der Waals surface area contributed by atoms with E-state index in [9.17, 15) is 10.1 Å². The molecule has 1 aliphatic rings. The Hall–Kier alpha value is -4.27. The normalized spacial score (nSPS) is 15.3. The number of pyridine rings is 1. The van der Waals surface area contributed by atoms with Gasteiger partial charge < -0.3 is 9.64 Å². The molecular weight excluding hydrogens is 470 g/mol. The summed E-state index contributed by atoms with van der Waals surface area (Å²) < 4.78 is 5.78. The van der Waals surface area contributed by atoms with E-state index in [-0.39, 0.29) is 5.97 Å². The Morgan fingerprint density at radius 1 is 0.842 bits per heavy atom. The highest BCUT2D eigenvalue weighted by molar-refractivity contribution is 5.85. The highest BCUT2D eigenvalue weighted by atomic mass is 16.5. The Kier molecular flexibility index (Phi) is 7.62. The van der Waals surface area contributed by atoms with E-state index in [1.807, 2.05) is 97.1 Å². The quantitative estimate of drug-likeness (QED) is 0.280. The number of carbonyl (C=O) groups is 1. The fourth-order valence-corrected chi connectivity index (χ4v) is 5.54. The van der Waals surface area contributed by atoms with Gasteiger partial charge >= 0.3 is 5.97 Å². The van der Waals surface area contributed by atoms with Gasteiger partial charge in [-0.25, -0.2) is 4.98 Å². The summed E-state index contributed by atoms with van der Waals surface area (Å²) in [5.41, 5.74) is 1.50. The molecule has 5 heteroatoms. The molecule has 4 aromatic rings. The van der Waals surface area contributed by atoms with Crippen molar-refractivity contribution < 1.29 is 9.53 Å². The lowest BCUT2D eigenvalue weighted by atomic mass is 9.71. The zero-order chi connectivity index (χ0) is 26.3. The molecule has 0 aliphatic carbocycles. The number of ether oxygens (including phenoxy) is 1. The van der Waals surface area contributed by atoms with Crippen LogP contribution in [0.5, 0.6) is 5.88 Å². The smallest absolute Gasteiger partial charge is 0.323 e. The molecule has 0 amide bonds. The van der Waals surface area contributed by atoms with Crippen LogP contribution in [-0.4, -0.2) is 35.5 Å². The van der Waals surface area contributed by atoms with Crippen LogP contribution >= 0.6 is 0 Å². The third kappa shape index (κ3) is 5.09. The lowest BCUT2D eigenvalue weighted by molar-refractivity contribution is -0.143. The van der Waals surface area contributed by atoms with Gasteiger partial charge in [0, 0.05) is 18.8 Å². The average molecular weight is 502 g/mol. The van der Waals surface area contributed by atoms with E-state index in [2.05, 4.69) is 16.0 Å². The number of likely N-dealkylation sites (tertiary alicyclic amines) is 1. The molecule has 5 nitrogen and oxygen atoms in total. The van der Waals surface area contributed by atoms with Crippen LogP contribution < -0.4 is 4.74 Å². The summed E-state index contributed by atoms with van der Waals surface area (Å²) in [4.78, 5) is 20.2. The third-order valence-electron chi connectivity index (χ3n) is 7.79. The number of rotatable bonds is 8. The monoisotopic (exact) mass is 501 g/mol. The maximum atomic E-state index is 13.6. The van der Waals surface area contributed by atoms with Gasteiger partial charge in [0.2, 0.25) is 5.88 Å². The number of nitrogens with zero attached hydrogens (tertiary/aromatic N) is 3. The van der Waals surface area contributed by atoms with Crippen LogP contribution in [0.1, 0.15) is 36.0 Å². The van der Waals surface area contributed by atoms with Crippen molar-refractivity contribution in [3.63, 3.8) is 0 Å². The van der Waals surface area contributed by atoms with Gasteiger partial charge in [-0.3, -0.25) is 4.79 Å². The predicted octanol–water partition coefficient (Wildman–Crippen LogP) is 5.92. The van der Waals surface area contributed by atoms with Crippen LogP contribution in [0.2, 0.25) is 0 Å². The molecule has 1 aliphatic heterocycles. The zero-order valence-corrected chi connectivity index (χ0v) is 21.4. The summed E-state index contributed by atoms with van der Waals surface area (Å²) >= 11 is 0. The molecule has 0 N–H and O–H groups in total. The summed E-state index contributed by atoms with van der Waals surface area (Å²) in [5, 5.41) is 10.5. The first-order chi connectivity index (χ1) is 18.7. The molecular formula is C33H31N3O2. The van der Waals surface area contributed by atoms with Crippen molar-refractivity contribution in [2.75, 3.05) is 19.6 Å². The standard InChI is InChI=1S/C33H31N3O2/c34-26-33(28-14-6-2-7-15-28,29-16-8-3-9-17-29)21-25-36-23-19-32(20-24-36,27-12-4-1-5-13-27)31(37)38-30-18-10-11-22-35-30/h1-18,22H,19-21,23-25H2. The number of hydrogen-bond acceptors (Lipinski definition) is 5. The summed E-state index contributed by atoms with van der Waals surface area (Å²) in [6.07, 6.45) is 3.56. The topological polar surface area (TPSA) is 66.2 Å². The Balaban J connectivity index is 1.35. The molecule has 2 heterocycles. The second-order valence-electron chi connectivity index (χ2n) is 9.85. The van der Waals surface area contributed by atoms with Crippen LogP contribution in [0.15, 0.2) is 115 Å².